The Kier molecular flexibility index (Phi) is 54.6. The molecule has 0 saturated heterocycles. The summed E-state index contributed by atoms with van der Waals surface area (Å²) in [5, 5.41) is 0. The summed E-state index contributed by atoms with van der Waals surface area (Å²) >= 11 is 0. The van der Waals surface area contributed by atoms with Gasteiger partial charge in [0.1, 0.15) is 0 Å². The zero-order chi connectivity index (χ0) is 54.9. The molecule has 0 N–H and O–H groups in total. The lowest BCUT2D eigenvalue weighted by atomic mass is 9.66. The Hall–Kier alpha value is 0. The van der Waals surface area contributed by atoms with Gasteiger partial charge >= 0.3 is 0 Å². The second-order valence-electron chi connectivity index (χ2n) is 29.6. The maximum Gasteiger partial charge on any atom is -0.0383 e. The summed E-state index contributed by atoms with van der Waals surface area (Å²) in [4.78, 5) is 0. The van der Waals surface area contributed by atoms with E-state index in [4.69, 9.17) is 0 Å². The van der Waals surface area contributed by atoms with Crippen molar-refractivity contribution in [3.05, 3.63) is 0 Å². The van der Waals surface area contributed by atoms with Gasteiger partial charge in [-0.2, -0.15) is 0 Å². The zero-order valence-electron chi connectivity index (χ0n) is 54.9. The van der Waals surface area contributed by atoms with E-state index in [9.17, 15) is 0 Å². The summed E-state index contributed by atoms with van der Waals surface area (Å²) in [5.41, 5.74) is 0.542. The maximum atomic E-state index is 2.40. The Balaban J connectivity index is 0. The topological polar surface area (TPSA) is 0 Å². The van der Waals surface area contributed by atoms with Crippen LogP contribution < -0.4 is 0 Å². The van der Waals surface area contributed by atoms with Crippen LogP contribution in [0.25, 0.3) is 0 Å². The molecule has 0 aromatic heterocycles. The Morgan fingerprint density at radius 2 is 0.350 bits per heavy atom. The van der Waals surface area contributed by atoms with Gasteiger partial charge in [-0.1, -0.05) is 420 Å². The fraction of sp³-hybridized carbons (Fsp3) is 1.00. The van der Waals surface area contributed by atoms with Crippen LogP contribution in [0.5, 0.6) is 0 Å². The van der Waals surface area contributed by atoms with Crippen LogP contribution in [0.4, 0.5) is 0 Å². The molecule has 8 aliphatic rings. The summed E-state index contributed by atoms with van der Waals surface area (Å²) in [5.74, 6) is 12.9. The van der Waals surface area contributed by atoms with E-state index in [1.54, 1.807) is 193 Å². The normalized spacial score (nSPS) is 30.2. The molecule has 0 aromatic rings. The third-order valence-electron chi connectivity index (χ3n) is 22.5. The lowest BCUT2D eigenvalue weighted by Crippen LogP contribution is -2.29. The molecule has 8 saturated carbocycles. The summed E-state index contributed by atoms with van der Waals surface area (Å²) in [7, 11) is 0. The monoisotopic (exact) mass is 1130 g/mol. The van der Waals surface area contributed by atoms with E-state index in [0.717, 1.165) is 71.0 Å². The minimum Gasteiger partial charge on any atom is -0.0776 e. The van der Waals surface area contributed by atoms with Crippen molar-refractivity contribution in [2.24, 2.45) is 76.4 Å². The first kappa shape index (κ1) is 82.1. The molecule has 0 heterocycles. The highest BCUT2D eigenvalue weighted by molar-refractivity contribution is 4.86. The van der Waals surface area contributed by atoms with Crippen molar-refractivity contribution in [2.45, 2.75) is 439 Å². The van der Waals surface area contributed by atoms with Gasteiger partial charge in [0.15, 0.2) is 0 Å². The molecular formula is C80H164. The van der Waals surface area contributed by atoms with Crippen LogP contribution in [0, 0.1) is 76.4 Å². The smallest absolute Gasteiger partial charge is 0.0383 e. The van der Waals surface area contributed by atoms with E-state index >= 15 is 0 Å². The Morgan fingerprint density at radius 3 is 0.562 bits per heavy atom. The number of hydrogen-bond donors (Lipinski definition) is 0. The van der Waals surface area contributed by atoms with Crippen molar-refractivity contribution in [1.29, 1.82) is 0 Å². The third kappa shape index (κ3) is 37.5. The molecule has 484 valence electrons. The fourth-order valence-corrected chi connectivity index (χ4v) is 17.4. The van der Waals surface area contributed by atoms with E-state index in [2.05, 4.69) is 41.5 Å². The summed E-state index contributed by atoms with van der Waals surface area (Å²) in [6.45, 7) is 21.7. The van der Waals surface area contributed by atoms with E-state index in [1.165, 1.54) is 148 Å². The van der Waals surface area contributed by atoms with Gasteiger partial charge in [0, 0.05) is 0 Å². The van der Waals surface area contributed by atoms with E-state index < -0.39 is 0 Å². The quantitative estimate of drug-likeness (QED) is 0.257. The number of hydrogen-bond acceptors (Lipinski definition) is 0. The van der Waals surface area contributed by atoms with Crippen molar-refractivity contribution >= 4 is 0 Å². The Morgan fingerprint density at radius 1 is 0.212 bits per heavy atom. The average molecular weight is 1130 g/mol. The van der Waals surface area contributed by atoms with Crippen molar-refractivity contribution < 1.29 is 0 Å². The lowest BCUT2D eigenvalue weighted by Gasteiger charge is -2.40. The first-order valence-electron chi connectivity index (χ1n) is 37.2. The van der Waals surface area contributed by atoms with Crippen molar-refractivity contribution in [3.63, 3.8) is 0 Å². The van der Waals surface area contributed by atoms with Gasteiger partial charge in [0.05, 0.1) is 0 Å². The van der Waals surface area contributed by atoms with Gasteiger partial charge in [0.25, 0.3) is 0 Å². The second kappa shape index (κ2) is 53.3. The molecule has 0 nitrogen and oxygen atoms in total. The molecule has 0 bridgehead atoms. The van der Waals surface area contributed by atoms with Crippen LogP contribution in [0.15, 0.2) is 0 Å². The van der Waals surface area contributed by atoms with Crippen LogP contribution in [0.1, 0.15) is 439 Å². The number of rotatable bonds is 5. The van der Waals surface area contributed by atoms with Crippen LogP contribution >= 0.6 is 0 Å². The van der Waals surface area contributed by atoms with Gasteiger partial charge in [-0.25, -0.2) is 0 Å². The van der Waals surface area contributed by atoms with Gasteiger partial charge in [-0.15, -0.1) is 0 Å². The highest BCUT2D eigenvalue weighted by Crippen LogP contribution is 2.46. The molecule has 0 heteroatoms. The standard InChI is InChI=1S/C32H58.C24H44.C10H20.C6H14.2C2H6.4CH4/c1-3-9-17-27(18-10-4-1)29-21-13-7-15-23-31(25-29)32-24-16-8-14-22-30(26-32)28-19-11-5-2-6-12-20-28;1-3-7-13-21(14-8-4-1)23-17-11-19-24(20-12-18-23)22-15-9-5-2-6-10-16-22;1-9-6-4-3-5-7-10(2)8-9;1-5-6(2,3)4;2*1-2;;;;/h27-32H,1-26H2;21-24H,1-20H2;9-10H,3-8H2,1-2H3;5H2,1-4H3;2*1-2H3;4*1H4. The van der Waals surface area contributed by atoms with Crippen LogP contribution in [-0.2, 0) is 0 Å². The fourth-order valence-electron chi connectivity index (χ4n) is 17.4. The molecule has 8 rings (SSSR count). The summed E-state index contributed by atoms with van der Waals surface area (Å²) in [6, 6.07) is 0. The van der Waals surface area contributed by atoms with Gasteiger partial charge in [-0.05, 0) is 95.7 Å². The highest BCUT2D eigenvalue weighted by atomic mass is 14.4. The predicted octanol–water partition coefficient (Wildman–Crippen LogP) is 29.8. The zero-order valence-corrected chi connectivity index (χ0v) is 54.9. The van der Waals surface area contributed by atoms with Crippen LogP contribution in [0.2, 0.25) is 0 Å². The summed E-state index contributed by atoms with van der Waals surface area (Å²) < 4.78 is 0. The van der Waals surface area contributed by atoms with Crippen molar-refractivity contribution in [3.8, 4) is 0 Å². The van der Waals surface area contributed by atoms with Crippen molar-refractivity contribution in [2.75, 3.05) is 0 Å². The maximum absolute atomic E-state index is 2.40. The van der Waals surface area contributed by atoms with Gasteiger partial charge < -0.3 is 0 Å². The Bertz CT molecular complexity index is 1110. The Labute approximate surface area is 513 Å². The predicted molar refractivity (Wildman–Crippen MR) is 373 cm³/mol. The van der Waals surface area contributed by atoms with Crippen LogP contribution in [0.3, 0.4) is 0 Å². The molecule has 80 heavy (non-hydrogen) atoms. The minimum atomic E-state index is 0. The lowest BCUT2D eigenvalue weighted by molar-refractivity contribution is 0.111. The summed E-state index contributed by atoms with van der Waals surface area (Å²) in [6.07, 6.45) is 81.6. The minimum absolute atomic E-state index is 0. The molecule has 6 unspecified atom stereocenters. The van der Waals surface area contributed by atoms with Crippen LogP contribution in [-0.4, -0.2) is 0 Å². The molecule has 0 radical (unpaired) electrons. The van der Waals surface area contributed by atoms with E-state index in [-0.39, 0.29) is 29.7 Å². The molecule has 0 aliphatic heterocycles. The molecule has 8 fully saturated rings. The molecule has 6 atom stereocenters. The van der Waals surface area contributed by atoms with Gasteiger partial charge in [0.2, 0.25) is 0 Å². The first-order chi connectivity index (χ1) is 37.2. The molecule has 0 amide bonds. The van der Waals surface area contributed by atoms with E-state index in [0.29, 0.717) is 5.41 Å². The molecule has 0 spiro atoms. The van der Waals surface area contributed by atoms with Crippen molar-refractivity contribution in [1.82, 2.24) is 0 Å². The molecule has 0 aromatic carbocycles. The molecule has 8 aliphatic carbocycles. The SMILES string of the molecule is C.C.C.C.C1CCCC(C2CCCC(C3CCCCCCC3)CCC2)CCC1.C1CCCC(C2CCCCCC(C3CCCCCC(C4CCCCCCC4)C3)C2)CCC1.CC.CC.CC1CCCCCC(C)C1.CCC(C)(C)C. The highest BCUT2D eigenvalue weighted by Gasteiger charge is 2.34. The molecular weight excluding hydrogens is 961 g/mol. The average Bonchev–Trinajstić information content (AvgIpc) is 3.34. The second-order valence-corrected chi connectivity index (χ2v) is 29.6. The largest absolute Gasteiger partial charge is 0.0776 e. The first-order valence-corrected chi connectivity index (χ1v) is 37.2. The van der Waals surface area contributed by atoms with E-state index in [1.807, 2.05) is 27.7 Å². The third-order valence-corrected chi connectivity index (χ3v) is 22.5. The van der Waals surface area contributed by atoms with Gasteiger partial charge in [-0.3, -0.25) is 0 Å².